The fourth-order valence-electron chi connectivity index (χ4n) is 3.13. The van der Waals surface area contributed by atoms with Gasteiger partial charge in [-0.2, -0.15) is 11.3 Å². The van der Waals surface area contributed by atoms with Gasteiger partial charge >= 0.3 is 0 Å². The molecule has 106 valence electrons. The highest BCUT2D eigenvalue weighted by atomic mass is 35.5. The van der Waals surface area contributed by atoms with E-state index in [-0.39, 0.29) is 12.4 Å². The van der Waals surface area contributed by atoms with E-state index in [1.807, 2.05) is 0 Å². The Labute approximate surface area is 124 Å². The monoisotopic (exact) mass is 300 g/mol. The number of amides is 1. The fourth-order valence-corrected chi connectivity index (χ4v) is 3.84. The largest absolute Gasteiger partial charge is 0.336 e. The maximum atomic E-state index is 12.4. The number of carbonyl (C=O) groups is 1. The Balaban J connectivity index is 0.00000133. The van der Waals surface area contributed by atoms with E-state index in [0.717, 1.165) is 45.3 Å². The third-order valence-electron chi connectivity index (χ3n) is 4.13. The molecule has 0 radical (unpaired) electrons. The van der Waals surface area contributed by atoms with Crippen molar-refractivity contribution in [3.63, 3.8) is 0 Å². The number of carbonyl (C=O) groups excluding carboxylic acids is 1. The smallest absolute Gasteiger partial charge is 0.223 e. The lowest BCUT2D eigenvalue weighted by Crippen LogP contribution is -2.32. The van der Waals surface area contributed by atoms with Gasteiger partial charge in [-0.05, 0) is 60.7 Å². The molecule has 2 unspecified atom stereocenters. The SMILES string of the molecule is Cl.O=C(CC1CCNC1)N1CCCC1c1ccsc1. The van der Waals surface area contributed by atoms with Crippen LogP contribution in [-0.4, -0.2) is 30.4 Å². The summed E-state index contributed by atoms with van der Waals surface area (Å²) < 4.78 is 0. The Morgan fingerprint density at radius 1 is 1.47 bits per heavy atom. The number of thiophene rings is 1. The summed E-state index contributed by atoms with van der Waals surface area (Å²) in [4.78, 5) is 14.5. The van der Waals surface area contributed by atoms with Crippen molar-refractivity contribution in [2.24, 2.45) is 5.92 Å². The number of nitrogens with one attached hydrogen (secondary N) is 1. The van der Waals surface area contributed by atoms with Crippen molar-refractivity contribution < 1.29 is 4.79 Å². The third kappa shape index (κ3) is 3.30. The normalized spacial score (nSPS) is 26.4. The molecule has 3 heterocycles. The molecule has 1 amide bonds. The lowest BCUT2D eigenvalue weighted by Gasteiger charge is -2.25. The molecule has 1 N–H and O–H groups in total. The van der Waals surface area contributed by atoms with Crippen molar-refractivity contribution in [3.05, 3.63) is 22.4 Å². The van der Waals surface area contributed by atoms with Crippen LogP contribution in [0.15, 0.2) is 16.8 Å². The van der Waals surface area contributed by atoms with Crippen LogP contribution < -0.4 is 5.32 Å². The van der Waals surface area contributed by atoms with Crippen molar-refractivity contribution in [1.82, 2.24) is 10.2 Å². The zero-order chi connectivity index (χ0) is 12.4. The molecule has 2 aliphatic heterocycles. The molecule has 0 aliphatic carbocycles. The predicted octanol–water partition coefficient (Wildman–Crippen LogP) is 2.83. The minimum absolute atomic E-state index is 0. The molecule has 1 aromatic heterocycles. The van der Waals surface area contributed by atoms with Gasteiger partial charge in [0.2, 0.25) is 5.91 Å². The number of hydrogen-bond acceptors (Lipinski definition) is 3. The molecule has 1 aromatic rings. The Kier molecular flexibility index (Phi) is 5.25. The van der Waals surface area contributed by atoms with Crippen LogP contribution in [-0.2, 0) is 4.79 Å². The van der Waals surface area contributed by atoms with Gasteiger partial charge in [-0.25, -0.2) is 0 Å². The quantitative estimate of drug-likeness (QED) is 0.931. The van der Waals surface area contributed by atoms with E-state index in [0.29, 0.717) is 17.9 Å². The van der Waals surface area contributed by atoms with Gasteiger partial charge in [0.25, 0.3) is 0 Å². The maximum absolute atomic E-state index is 12.4. The minimum Gasteiger partial charge on any atom is -0.336 e. The molecular formula is C14H21ClN2OS. The number of hydrogen-bond donors (Lipinski definition) is 1. The summed E-state index contributed by atoms with van der Waals surface area (Å²) >= 11 is 1.73. The van der Waals surface area contributed by atoms with Crippen LogP contribution in [0.25, 0.3) is 0 Å². The van der Waals surface area contributed by atoms with Crippen LogP contribution in [0.1, 0.15) is 37.3 Å². The van der Waals surface area contributed by atoms with E-state index in [2.05, 4.69) is 27.0 Å². The van der Waals surface area contributed by atoms with Crippen LogP contribution >= 0.6 is 23.7 Å². The molecular weight excluding hydrogens is 280 g/mol. The summed E-state index contributed by atoms with van der Waals surface area (Å²) in [6, 6.07) is 2.51. The van der Waals surface area contributed by atoms with Crippen LogP contribution in [0.4, 0.5) is 0 Å². The summed E-state index contributed by atoms with van der Waals surface area (Å²) in [5.41, 5.74) is 1.33. The van der Waals surface area contributed by atoms with Gasteiger partial charge in [0.05, 0.1) is 6.04 Å². The first-order valence-corrected chi connectivity index (χ1v) is 7.81. The highest BCUT2D eigenvalue weighted by molar-refractivity contribution is 7.07. The van der Waals surface area contributed by atoms with Gasteiger partial charge in [-0.15, -0.1) is 12.4 Å². The van der Waals surface area contributed by atoms with Crippen molar-refractivity contribution >= 4 is 29.7 Å². The van der Waals surface area contributed by atoms with E-state index in [1.54, 1.807) is 11.3 Å². The molecule has 0 bridgehead atoms. The average molecular weight is 301 g/mol. The first-order valence-electron chi connectivity index (χ1n) is 6.87. The highest BCUT2D eigenvalue weighted by Crippen LogP contribution is 2.34. The molecule has 0 aromatic carbocycles. The Bertz CT molecular complexity index is 404. The lowest BCUT2D eigenvalue weighted by atomic mass is 10.0. The summed E-state index contributed by atoms with van der Waals surface area (Å²) in [5, 5.41) is 7.63. The van der Waals surface area contributed by atoms with E-state index < -0.39 is 0 Å². The lowest BCUT2D eigenvalue weighted by molar-refractivity contribution is -0.133. The third-order valence-corrected chi connectivity index (χ3v) is 4.83. The Morgan fingerprint density at radius 2 is 2.37 bits per heavy atom. The molecule has 19 heavy (non-hydrogen) atoms. The van der Waals surface area contributed by atoms with Gasteiger partial charge in [0.1, 0.15) is 0 Å². The molecule has 0 saturated carbocycles. The minimum atomic E-state index is 0. The zero-order valence-corrected chi connectivity index (χ0v) is 12.6. The molecule has 2 atom stereocenters. The van der Waals surface area contributed by atoms with Crippen molar-refractivity contribution in [3.8, 4) is 0 Å². The zero-order valence-electron chi connectivity index (χ0n) is 11.0. The maximum Gasteiger partial charge on any atom is 0.223 e. The average Bonchev–Trinajstić information content (AvgIpc) is 3.11. The predicted molar refractivity (Wildman–Crippen MR) is 80.8 cm³/mol. The number of halogens is 1. The van der Waals surface area contributed by atoms with Gasteiger partial charge in [0, 0.05) is 13.0 Å². The van der Waals surface area contributed by atoms with Crippen LogP contribution in [0, 0.1) is 5.92 Å². The molecule has 0 spiro atoms. The fraction of sp³-hybridized carbons (Fsp3) is 0.643. The van der Waals surface area contributed by atoms with Gasteiger partial charge in [-0.1, -0.05) is 0 Å². The van der Waals surface area contributed by atoms with Crippen LogP contribution in [0.3, 0.4) is 0 Å². The molecule has 3 rings (SSSR count). The summed E-state index contributed by atoms with van der Waals surface area (Å²) in [5.74, 6) is 0.915. The second-order valence-electron chi connectivity index (χ2n) is 5.36. The van der Waals surface area contributed by atoms with Crippen molar-refractivity contribution in [1.29, 1.82) is 0 Å². The standard InChI is InChI=1S/C14H20N2OS.ClH/c17-14(8-11-3-5-15-9-11)16-6-1-2-13(16)12-4-7-18-10-12;/h4,7,10-11,13,15H,1-3,5-6,8-9H2;1H. The Hall–Kier alpha value is -0.580. The first-order chi connectivity index (χ1) is 8.84. The molecule has 2 aliphatic rings. The number of likely N-dealkylation sites (tertiary alicyclic amines) is 1. The van der Waals surface area contributed by atoms with E-state index in [4.69, 9.17) is 0 Å². The molecule has 5 heteroatoms. The van der Waals surface area contributed by atoms with Crippen molar-refractivity contribution in [2.75, 3.05) is 19.6 Å². The second kappa shape index (κ2) is 6.73. The number of nitrogens with zero attached hydrogens (tertiary/aromatic N) is 1. The van der Waals surface area contributed by atoms with Gasteiger partial charge in [0.15, 0.2) is 0 Å². The summed E-state index contributed by atoms with van der Waals surface area (Å²) in [7, 11) is 0. The van der Waals surface area contributed by atoms with Crippen LogP contribution in [0.2, 0.25) is 0 Å². The Morgan fingerprint density at radius 3 is 3.05 bits per heavy atom. The first kappa shape index (κ1) is 14.8. The van der Waals surface area contributed by atoms with E-state index in [9.17, 15) is 4.79 Å². The number of rotatable bonds is 3. The molecule has 2 fully saturated rings. The van der Waals surface area contributed by atoms with E-state index >= 15 is 0 Å². The highest BCUT2D eigenvalue weighted by Gasteiger charge is 2.31. The molecule has 2 saturated heterocycles. The summed E-state index contributed by atoms with van der Waals surface area (Å²) in [6.07, 6.45) is 4.16. The molecule has 3 nitrogen and oxygen atoms in total. The second-order valence-corrected chi connectivity index (χ2v) is 6.14. The van der Waals surface area contributed by atoms with Gasteiger partial charge in [-0.3, -0.25) is 4.79 Å². The topological polar surface area (TPSA) is 32.3 Å². The van der Waals surface area contributed by atoms with Gasteiger partial charge < -0.3 is 10.2 Å². The van der Waals surface area contributed by atoms with Crippen LogP contribution in [0.5, 0.6) is 0 Å². The van der Waals surface area contributed by atoms with Crippen molar-refractivity contribution in [2.45, 2.75) is 31.7 Å². The van der Waals surface area contributed by atoms with E-state index in [1.165, 1.54) is 5.56 Å². The summed E-state index contributed by atoms with van der Waals surface area (Å²) in [6.45, 7) is 3.04.